The van der Waals surface area contributed by atoms with Gasteiger partial charge < -0.3 is 0 Å². The number of Topliss-reactive ketones (excluding diaryl/α,β-unsaturated/α-hetero) is 2. The average molecular weight is 288 g/mol. The summed E-state index contributed by atoms with van der Waals surface area (Å²) in [6, 6.07) is 10.1. The highest BCUT2D eigenvalue weighted by atomic mass is 19.1. The van der Waals surface area contributed by atoms with Gasteiger partial charge in [-0.3, -0.25) is 9.59 Å². The Hall–Kier alpha value is -2.36. The SMILES string of the molecule is CC(C)(C(=O)c1ccc(F)cc1)C(=O)c1ccc(F)cc1. The molecule has 0 aliphatic heterocycles. The van der Waals surface area contributed by atoms with Gasteiger partial charge in [0.25, 0.3) is 0 Å². The summed E-state index contributed by atoms with van der Waals surface area (Å²) in [6.07, 6.45) is 0. The van der Waals surface area contributed by atoms with Crippen molar-refractivity contribution in [3.05, 3.63) is 71.3 Å². The summed E-state index contributed by atoms with van der Waals surface area (Å²) in [7, 11) is 0. The molecule has 0 aromatic heterocycles. The van der Waals surface area contributed by atoms with Gasteiger partial charge in [0.1, 0.15) is 11.6 Å². The van der Waals surface area contributed by atoms with E-state index in [-0.39, 0.29) is 11.1 Å². The first-order chi connectivity index (χ1) is 9.82. The molecule has 0 saturated carbocycles. The third kappa shape index (κ3) is 3.05. The number of ketones is 2. The van der Waals surface area contributed by atoms with Crippen LogP contribution in [0.3, 0.4) is 0 Å². The Balaban J connectivity index is 2.32. The molecule has 0 aliphatic rings. The van der Waals surface area contributed by atoms with Crippen molar-refractivity contribution in [2.45, 2.75) is 13.8 Å². The Morgan fingerprint density at radius 3 is 1.29 bits per heavy atom. The quantitative estimate of drug-likeness (QED) is 0.628. The molecule has 2 aromatic rings. The highest BCUT2D eigenvalue weighted by molar-refractivity contribution is 6.19. The van der Waals surface area contributed by atoms with E-state index < -0.39 is 28.6 Å². The standard InChI is InChI=1S/C17H14F2O2/c1-17(2,15(20)11-3-7-13(18)8-4-11)16(21)12-5-9-14(19)10-6-12/h3-10H,1-2H3. The average Bonchev–Trinajstić information content (AvgIpc) is 2.47. The molecule has 21 heavy (non-hydrogen) atoms. The molecule has 0 atom stereocenters. The molecule has 2 rings (SSSR count). The molecule has 108 valence electrons. The molecular weight excluding hydrogens is 274 g/mol. The molecular formula is C17H14F2O2. The number of benzene rings is 2. The van der Waals surface area contributed by atoms with Gasteiger partial charge in [-0.2, -0.15) is 0 Å². The number of carbonyl (C=O) groups excluding carboxylic acids is 2. The summed E-state index contributed by atoms with van der Waals surface area (Å²) in [4.78, 5) is 24.9. The number of hydrogen-bond donors (Lipinski definition) is 0. The lowest BCUT2D eigenvalue weighted by molar-refractivity contribution is 0.0711. The van der Waals surface area contributed by atoms with Crippen LogP contribution in [0, 0.1) is 17.0 Å². The fourth-order valence-electron chi connectivity index (χ4n) is 2.03. The van der Waals surface area contributed by atoms with Crippen LogP contribution in [-0.2, 0) is 0 Å². The fraction of sp³-hybridized carbons (Fsp3) is 0.176. The monoisotopic (exact) mass is 288 g/mol. The van der Waals surface area contributed by atoms with Gasteiger partial charge >= 0.3 is 0 Å². The third-order valence-corrected chi connectivity index (χ3v) is 3.35. The van der Waals surface area contributed by atoms with Crippen LogP contribution in [0.4, 0.5) is 8.78 Å². The number of halogens is 2. The van der Waals surface area contributed by atoms with Gasteiger partial charge in [-0.15, -0.1) is 0 Å². The van der Waals surface area contributed by atoms with Gasteiger partial charge in [0.05, 0.1) is 5.41 Å². The van der Waals surface area contributed by atoms with Crippen LogP contribution in [0.25, 0.3) is 0 Å². The second kappa shape index (κ2) is 5.56. The van der Waals surface area contributed by atoms with Crippen LogP contribution in [0.2, 0.25) is 0 Å². The van der Waals surface area contributed by atoms with Crippen LogP contribution < -0.4 is 0 Å². The summed E-state index contributed by atoms with van der Waals surface area (Å²) in [5.41, 5.74) is -0.788. The van der Waals surface area contributed by atoms with Gasteiger partial charge in [-0.25, -0.2) is 8.78 Å². The molecule has 0 saturated heterocycles. The van der Waals surface area contributed by atoms with Crippen molar-refractivity contribution in [3.8, 4) is 0 Å². The van der Waals surface area contributed by atoms with Gasteiger partial charge in [0, 0.05) is 11.1 Å². The molecule has 0 unspecified atom stereocenters. The van der Waals surface area contributed by atoms with Crippen LogP contribution in [0.1, 0.15) is 34.6 Å². The van der Waals surface area contributed by atoms with Crippen molar-refractivity contribution in [2.24, 2.45) is 5.41 Å². The third-order valence-electron chi connectivity index (χ3n) is 3.35. The lowest BCUT2D eigenvalue weighted by Crippen LogP contribution is -2.33. The normalized spacial score (nSPS) is 11.2. The summed E-state index contributed by atoms with van der Waals surface area (Å²) in [6.45, 7) is 3.01. The fourth-order valence-corrected chi connectivity index (χ4v) is 2.03. The number of carbonyl (C=O) groups is 2. The minimum atomic E-state index is -1.31. The van der Waals surface area contributed by atoms with Crippen molar-refractivity contribution in [3.63, 3.8) is 0 Å². The predicted molar refractivity (Wildman–Crippen MR) is 75.2 cm³/mol. The molecule has 0 amide bonds. The molecule has 0 spiro atoms. The second-order valence-corrected chi connectivity index (χ2v) is 5.30. The first-order valence-corrected chi connectivity index (χ1v) is 6.43. The van der Waals surface area contributed by atoms with E-state index in [0.29, 0.717) is 0 Å². The van der Waals surface area contributed by atoms with Crippen LogP contribution in [0.5, 0.6) is 0 Å². The van der Waals surface area contributed by atoms with E-state index in [1.165, 1.54) is 62.4 Å². The van der Waals surface area contributed by atoms with Crippen molar-refractivity contribution < 1.29 is 18.4 Å². The zero-order valence-corrected chi connectivity index (χ0v) is 11.7. The Bertz CT molecular complexity index is 611. The minimum absolute atomic E-state index is 0.261. The van der Waals surface area contributed by atoms with Crippen LogP contribution >= 0.6 is 0 Å². The topological polar surface area (TPSA) is 34.1 Å². The molecule has 0 bridgehead atoms. The highest BCUT2D eigenvalue weighted by Gasteiger charge is 2.37. The van der Waals surface area contributed by atoms with E-state index in [1.807, 2.05) is 0 Å². The van der Waals surface area contributed by atoms with E-state index >= 15 is 0 Å². The lowest BCUT2D eigenvalue weighted by Gasteiger charge is -2.21. The van der Waals surface area contributed by atoms with E-state index in [2.05, 4.69) is 0 Å². The summed E-state index contributed by atoms with van der Waals surface area (Å²) in [5, 5.41) is 0. The maximum absolute atomic E-state index is 12.9. The first kappa shape index (κ1) is 15.0. The molecule has 2 aromatic carbocycles. The number of hydrogen-bond acceptors (Lipinski definition) is 2. The Morgan fingerprint density at radius 1 is 0.714 bits per heavy atom. The molecule has 4 heteroatoms. The van der Waals surface area contributed by atoms with E-state index in [0.717, 1.165) is 0 Å². The highest BCUT2D eigenvalue weighted by Crippen LogP contribution is 2.27. The predicted octanol–water partition coefficient (Wildman–Crippen LogP) is 4.06. The van der Waals surface area contributed by atoms with E-state index in [9.17, 15) is 18.4 Å². The molecule has 0 radical (unpaired) electrons. The zero-order chi connectivity index (χ0) is 15.6. The molecule has 2 nitrogen and oxygen atoms in total. The number of rotatable bonds is 4. The molecule has 0 N–H and O–H groups in total. The van der Waals surface area contributed by atoms with Crippen LogP contribution in [0.15, 0.2) is 48.5 Å². The van der Waals surface area contributed by atoms with Gasteiger partial charge in [0.2, 0.25) is 0 Å². The smallest absolute Gasteiger partial charge is 0.176 e. The van der Waals surface area contributed by atoms with Crippen molar-refractivity contribution in [1.29, 1.82) is 0 Å². The second-order valence-electron chi connectivity index (χ2n) is 5.30. The lowest BCUT2D eigenvalue weighted by atomic mass is 9.78. The van der Waals surface area contributed by atoms with Gasteiger partial charge in [0.15, 0.2) is 11.6 Å². The summed E-state index contributed by atoms with van der Waals surface area (Å²) in [5.74, 6) is -1.71. The Labute approximate surface area is 121 Å². The van der Waals surface area contributed by atoms with Crippen molar-refractivity contribution in [1.82, 2.24) is 0 Å². The zero-order valence-electron chi connectivity index (χ0n) is 11.7. The Morgan fingerprint density at radius 2 is 1.00 bits per heavy atom. The summed E-state index contributed by atoms with van der Waals surface area (Å²) >= 11 is 0. The molecule has 0 fully saturated rings. The van der Waals surface area contributed by atoms with Crippen molar-refractivity contribution in [2.75, 3.05) is 0 Å². The minimum Gasteiger partial charge on any atom is -0.293 e. The van der Waals surface area contributed by atoms with Crippen LogP contribution in [-0.4, -0.2) is 11.6 Å². The van der Waals surface area contributed by atoms with E-state index in [1.54, 1.807) is 0 Å². The Kier molecular flexibility index (Phi) is 3.98. The van der Waals surface area contributed by atoms with Gasteiger partial charge in [-0.05, 0) is 62.4 Å². The molecule has 0 heterocycles. The van der Waals surface area contributed by atoms with Gasteiger partial charge in [-0.1, -0.05) is 0 Å². The summed E-state index contributed by atoms with van der Waals surface area (Å²) < 4.78 is 25.8. The van der Waals surface area contributed by atoms with E-state index in [4.69, 9.17) is 0 Å². The van der Waals surface area contributed by atoms with Crippen molar-refractivity contribution >= 4 is 11.6 Å². The largest absolute Gasteiger partial charge is 0.293 e. The first-order valence-electron chi connectivity index (χ1n) is 6.43. The maximum atomic E-state index is 12.9. The molecule has 0 aliphatic carbocycles. The maximum Gasteiger partial charge on any atom is 0.176 e.